The quantitative estimate of drug-likeness (QED) is 0.607. The number of ether oxygens (including phenoxy) is 1. The molecule has 4 aromatic rings. The number of rotatable bonds is 3. The Balaban J connectivity index is 1.51. The SMILES string of the molecule is c1cc(-c2cnc3[nH]cc(-c4ccc(N5CCOCC5)nc4)c3n2)ccn1. The Morgan fingerprint density at radius 2 is 1.78 bits per heavy atom. The van der Waals surface area contributed by atoms with Crippen molar-refractivity contribution in [2.75, 3.05) is 31.2 Å². The molecule has 7 nitrogen and oxygen atoms in total. The molecule has 0 unspecified atom stereocenters. The minimum atomic E-state index is 0.749. The number of pyridine rings is 2. The fraction of sp³-hybridized carbons (Fsp3) is 0.200. The lowest BCUT2D eigenvalue weighted by atomic mass is 10.1. The summed E-state index contributed by atoms with van der Waals surface area (Å²) in [4.78, 5) is 23.5. The summed E-state index contributed by atoms with van der Waals surface area (Å²) in [6, 6.07) is 8.00. The van der Waals surface area contributed by atoms with Gasteiger partial charge in [-0.25, -0.2) is 15.0 Å². The van der Waals surface area contributed by atoms with Gasteiger partial charge in [-0.2, -0.15) is 0 Å². The van der Waals surface area contributed by atoms with E-state index in [4.69, 9.17) is 9.72 Å². The number of hydrogen-bond acceptors (Lipinski definition) is 6. The molecule has 4 aromatic heterocycles. The van der Waals surface area contributed by atoms with Gasteiger partial charge in [-0.05, 0) is 24.3 Å². The van der Waals surface area contributed by atoms with Gasteiger partial charge in [-0.15, -0.1) is 0 Å². The second-order valence-electron chi connectivity index (χ2n) is 6.40. The van der Waals surface area contributed by atoms with Crippen LogP contribution in [0.2, 0.25) is 0 Å². The molecule has 0 amide bonds. The molecule has 0 radical (unpaired) electrons. The van der Waals surface area contributed by atoms with E-state index < -0.39 is 0 Å². The minimum Gasteiger partial charge on any atom is -0.378 e. The van der Waals surface area contributed by atoms with Crippen LogP contribution in [0.5, 0.6) is 0 Å². The van der Waals surface area contributed by atoms with Crippen LogP contribution in [0.4, 0.5) is 5.82 Å². The molecule has 1 saturated heterocycles. The number of aromatic amines is 1. The smallest absolute Gasteiger partial charge is 0.156 e. The topological polar surface area (TPSA) is 79.8 Å². The van der Waals surface area contributed by atoms with E-state index in [0.717, 1.165) is 65.7 Å². The van der Waals surface area contributed by atoms with E-state index in [-0.39, 0.29) is 0 Å². The van der Waals surface area contributed by atoms with Crippen LogP contribution in [-0.4, -0.2) is 51.2 Å². The molecule has 0 saturated carbocycles. The fourth-order valence-corrected chi connectivity index (χ4v) is 3.30. The molecule has 0 aliphatic carbocycles. The van der Waals surface area contributed by atoms with Crippen molar-refractivity contribution in [3.05, 3.63) is 55.2 Å². The molecule has 0 atom stereocenters. The van der Waals surface area contributed by atoms with Crippen LogP contribution < -0.4 is 4.90 Å². The fourth-order valence-electron chi connectivity index (χ4n) is 3.30. The standard InChI is InChI=1S/C20H18N6O/c1-2-18(26-7-9-27-10-8-26)22-11-15(1)16-12-23-20-19(16)25-17(13-24-20)14-3-5-21-6-4-14/h1-6,11-13H,7-10H2,(H,23,24). The van der Waals surface area contributed by atoms with E-state index in [0.29, 0.717) is 0 Å². The first-order chi connectivity index (χ1) is 13.4. The summed E-state index contributed by atoms with van der Waals surface area (Å²) in [5.41, 5.74) is 5.43. The van der Waals surface area contributed by atoms with Gasteiger partial charge < -0.3 is 14.6 Å². The summed E-state index contributed by atoms with van der Waals surface area (Å²) >= 11 is 0. The summed E-state index contributed by atoms with van der Waals surface area (Å²) in [7, 11) is 0. The van der Waals surface area contributed by atoms with Crippen molar-refractivity contribution in [2.45, 2.75) is 0 Å². The Morgan fingerprint density at radius 3 is 2.56 bits per heavy atom. The zero-order valence-electron chi connectivity index (χ0n) is 14.7. The van der Waals surface area contributed by atoms with Crippen molar-refractivity contribution in [3.63, 3.8) is 0 Å². The molecular formula is C20H18N6O. The van der Waals surface area contributed by atoms with Gasteiger partial charge in [0.05, 0.1) is 25.1 Å². The monoisotopic (exact) mass is 358 g/mol. The number of aromatic nitrogens is 5. The Kier molecular flexibility index (Phi) is 3.99. The Labute approximate surface area is 156 Å². The second kappa shape index (κ2) is 6.77. The molecule has 134 valence electrons. The number of morpholine rings is 1. The van der Waals surface area contributed by atoms with E-state index in [1.165, 1.54) is 0 Å². The van der Waals surface area contributed by atoms with Crippen molar-refractivity contribution < 1.29 is 4.74 Å². The molecule has 5 rings (SSSR count). The summed E-state index contributed by atoms with van der Waals surface area (Å²) in [6.07, 6.45) is 9.12. The van der Waals surface area contributed by atoms with Gasteiger partial charge in [0.1, 0.15) is 11.3 Å². The van der Waals surface area contributed by atoms with Crippen LogP contribution in [0.25, 0.3) is 33.5 Å². The van der Waals surface area contributed by atoms with Crippen LogP contribution in [0, 0.1) is 0 Å². The summed E-state index contributed by atoms with van der Waals surface area (Å²) in [6.45, 7) is 3.25. The zero-order valence-corrected chi connectivity index (χ0v) is 14.7. The molecule has 1 aliphatic rings. The molecule has 0 spiro atoms. The molecular weight excluding hydrogens is 340 g/mol. The van der Waals surface area contributed by atoms with Crippen molar-refractivity contribution in [1.29, 1.82) is 0 Å². The van der Waals surface area contributed by atoms with E-state index in [2.05, 4.69) is 37.0 Å². The van der Waals surface area contributed by atoms with Crippen LogP contribution in [0.3, 0.4) is 0 Å². The molecule has 0 aromatic carbocycles. The molecule has 7 heteroatoms. The van der Waals surface area contributed by atoms with Gasteiger partial charge in [-0.1, -0.05) is 0 Å². The summed E-state index contributed by atoms with van der Waals surface area (Å²) in [5, 5.41) is 0. The van der Waals surface area contributed by atoms with Crippen molar-refractivity contribution in [3.8, 4) is 22.4 Å². The first kappa shape index (κ1) is 15.9. The number of nitrogens with one attached hydrogen (secondary N) is 1. The van der Waals surface area contributed by atoms with Crippen LogP contribution >= 0.6 is 0 Å². The van der Waals surface area contributed by atoms with Gasteiger partial charge in [-0.3, -0.25) is 4.98 Å². The maximum atomic E-state index is 5.41. The average Bonchev–Trinajstić information content (AvgIpc) is 3.18. The normalized spacial score (nSPS) is 14.6. The third-order valence-electron chi connectivity index (χ3n) is 4.75. The van der Waals surface area contributed by atoms with Gasteiger partial charge in [0.15, 0.2) is 5.65 Å². The highest BCUT2D eigenvalue weighted by Crippen LogP contribution is 2.28. The first-order valence-corrected chi connectivity index (χ1v) is 8.92. The largest absolute Gasteiger partial charge is 0.378 e. The minimum absolute atomic E-state index is 0.749. The average molecular weight is 358 g/mol. The van der Waals surface area contributed by atoms with Crippen molar-refractivity contribution in [1.82, 2.24) is 24.9 Å². The predicted molar refractivity (Wildman–Crippen MR) is 103 cm³/mol. The molecule has 1 N–H and O–H groups in total. The predicted octanol–water partition coefficient (Wildman–Crippen LogP) is 2.92. The first-order valence-electron chi connectivity index (χ1n) is 8.92. The maximum absolute atomic E-state index is 5.41. The van der Waals surface area contributed by atoms with Gasteiger partial charge in [0.2, 0.25) is 0 Å². The van der Waals surface area contributed by atoms with E-state index in [1.807, 2.05) is 24.5 Å². The van der Waals surface area contributed by atoms with Crippen molar-refractivity contribution >= 4 is 17.0 Å². The highest BCUT2D eigenvalue weighted by molar-refractivity contribution is 5.91. The zero-order chi connectivity index (χ0) is 18.1. The van der Waals surface area contributed by atoms with E-state index >= 15 is 0 Å². The third-order valence-corrected chi connectivity index (χ3v) is 4.75. The van der Waals surface area contributed by atoms with Crippen LogP contribution in [-0.2, 0) is 4.74 Å². The molecule has 1 aliphatic heterocycles. The molecule has 0 bridgehead atoms. The maximum Gasteiger partial charge on any atom is 0.156 e. The third kappa shape index (κ3) is 3.02. The van der Waals surface area contributed by atoms with E-state index in [9.17, 15) is 0 Å². The van der Waals surface area contributed by atoms with Crippen LogP contribution in [0.1, 0.15) is 0 Å². The lowest BCUT2D eigenvalue weighted by Gasteiger charge is -2.27. The highest BCUT2D eigenvalue weighted by Gasteiger charge is 2.14. The lowest BCUT2D eigenvalue weighted by molar-refractivity contribution is 0.122. The second-order valence-corrected chi connectivity index (χ2v) is 6.40. The molecule has 1 fully saturated rings. The highest BCUT2D eigenvalue weighted by atomic mass is 16.5. The Bertz CT molecular complexity index is 1050. The van der Waals surface area contributed by atoms with Gasteiger partial charge in [0.25, 0.3) is 0 Å². The van der Waals surface area contributed by atoms with Gasteiger partial charge >= 0.3 is 0 Å². The number of fused-ring (bicyclic) bond motifs is 1. The van der Waals surface area contributed by atoms with Crippen molar-refractivity contribution in [2.24, 2.45) is 0 Å². The Hall–Kier alpha value is -3.32. The number of anilines is 1. The lowest BCUT2D eigenvalue weighted by Crippen LogP contribution is -2.36. The Morgan fingerprint density at radius 1 is 0.926 bits per heavy atom. The summed E-state index contributed by atoms with van der Waals surface area (Å²) < 4.78 is 5.41. The molecule has 5 heterocycles. The number of hydrogen-bond donors (Lipinski definition) is 1. The number of nitrogens with zero attached hydrogens (tertiary/aromatic N) is 5. The summed E-state index contributed by atoms with van der Waals surface area (Å²) in [5.74, 6) is 0.977. The van der Waals surface area contributed by atoms with Gasteiger partial charge in [0, 0.05) is 54.6 Å². The van der Waals surface area contributed by atoms with E-state index in [1.54, 1.807) is 18.6 Å². The molecule has 27 heavy (non-hydrogen) atoms. The van der Waals surface area contributed by atoms with Crippen LogP contribution in [0.15, 0.2) is 55.2 Å². The number of H-pyrrole nitrogens is 1.